The van der Waals surface area contributed by atoms with Crippen LogP contribution < -0.4 is 16.2 Å². The van der Waals surface area contributed by atoms with Crippen LogP contribution in [-0.4, -0.2) is 37.5 Å². The molecule has 0 unspecified atom stereocenters. The molecule has 15 heavy (non-hydrogen) atoms. The zero-order chi connectivity index (χ0) is 11.3. The van der Waals surface area contributed by atoms with Crippen molar-refractivity contribution in [2.24, 2.45) is 10.9 Å². The summed E-state index contributed by atoms with van der Waals surface area (Å²) >= 11 is 0. The van der Waals surface area contributed by atoms with Crippen LogP contribution in [0.25, 0.3) is 0 Å². The lowest BCUT2D eigenvalue weighted by Gasteiger charge is -1.98. The lowest BCUT2D eigenvalue weighted by atomic mass is 10.4. The zero-order valence-corrected chi connectivity index (χ0v) is 8.83. The number of hydrogen-bond acceptors (Lipinski definition) is 7. The average molecular weight is 235 g/mol. The highest BCUT2D eigenvalue weighted by Crippen LogP contribution is 2.04. The quantitative estimate of drug-likeness (QED) is 0.532. The van der Waals surface area contributed by atoms with Crippen molar-refractivity contribution in [3.05, 3.63) is 5.89 Å². The molecule has 0 aliphatic rings. The number of sulfonamides is 1. The molecule has 0 aliphatic heterocycles. The second-order valence-electron chi connectivity index (χ2n) is 2.83. The Balaban J connectivity index is 2.38. The predicted molar refractivity (Wildman–Crippen MR) is 53.5 cm³/mol. The second-order valence-corrected chi connectivity index (χ2v) is 4.57. The third kappa shape index (κ3) is 4.72. The van der Waals surface area contributed by atoms with E-state index in [1.807, 2.05) is 0 Å². The minimum Gasteiger partial charge on any atom is -0.408 e. The molecule has 0 fully saturated rings. The summed E-state index contributed by atoms with van der Waals surface area (Å²) in [7, 11) is -3.47. The van der Waals surface area contributed by atoms with Crippen LogP contribution in [0.3, 0.4) is 0 Å². The van der Waals surface area contributed by atoms with E-state index < -0.39 is 10.0 Å². The summed E-state index contributed by atoms with van der Waals surface area (Å²) in [5, 5.41) is 14.8. The van der Waals surface area contributed by atoms with E-state index >= 15 is 0 Å². The van der Waals surface area contributed by atoms with Gasteiger partial charge in [0.25, 0.3) is 0 Å². The molecule has 8 nitrogen and oxygen atoms in total. The Labute approximate surface area is 87.1 Å². The van der Waals surface area contributed by atoms with Gasteiger partial charge in [-0.2, -0.15) is 0 Å². The van der Waals surface area contributed by atoms with Crippen molar-refractivity contribution in [1.82, 2.24) is 10.2 Å². The van der Waals surface area contributed by atoms with Crippen LogP contribution >= 0.6 is 0 Å². The monoisotopic (exact) mass is 235 g/mol. The molecule has 9 heteroatoms. The first-order valence-corrected chi connectivity index (χ1v) is 5.99. The van der Waals surface area contributed by atoms with E-state index in [1.165, 1.54) is 0 Å². The number of hydrogen-bond donors (Lipinski definition) is 3. The molecule has 0 bridgehead atoms. The molecule has 0 spiro atoms. The highest BCUT2D eigenvalue weighted by Gasteiger charge is 2.06. The van der Waals surface area contributed by atoms with Crippen molar-refractivity contribution in [2.45, 2.75) is 6.42 Å². The van der Waals surface area contributed by atoms with Crippen molar-refractivity contribution < 1.29 is 12.8 Å². The first-order chi connectivity index (χ1) is 7.01. The molecule has 0 radical (unpaired) electrons. The summed E-state index contributed by atoms with van der Waals surface area (Å²) in [6, 6.07) is 0.169. The van der Waals surface area contributed by atoms with E-state index in [9.17, 15) is 8.42 Å². The van der Waals surface area contributed by atoms with E-state index in [0.29, 0.717) is 18.9 Å². The van der Waals surface area contributed by atoms with Gasteiger partial charge < -0.3 is 15.5 Å². The highest BCUT2D eigenvalue weighted by molar-refractivity contribution is 7.89. The Bertz CT molecular complexity index is 401. The number of nitrogens with zero attached hydrogens (tertiary/aromatic N) is 2. The lowest BCUT2D eigenvalue weighted by molar-refractivity contribution is 0.506. The number of nitrogens with two attached hydrogens (primary N) is 2. The number of rotatable bonds is 6. The summed E-state index contributed by atoms with van der Waals surface area (Å²) < 4.78 is 26.3. The molecule has 86 valence electrons. The summed E-state index contributed by atoms with van der Waals surface area (Å²) in [5.41, 5.74) is 5.28. The fraction of sp³-hybridized carbons (Fsp3) is 0.667. The highest BCUT2D eigenvalue weighted by atomic mass is 32.2. The Morgan fingerprint density at radius 2 is 2.13 bits per heavy atom. The minimum atomic E-state index is -3.47. The Hall–Kier alpha value is -1.19. The summed E-state index contributed by atoms with van der Waals surface area (Å²) in [5.74, 6) is 0.220. The lowest BCUT2D eigenvalue weighted by Crippen LogP contribution is -2.22. The van der Waals surface area contributed by atoms with Crippen LogP contribution in [-0.2, 0) is 16.4 Å². The smallest absolute Gasteiger partial charge is 0.315 e. The Morgan fingerprint density at radius 3 is 2.73 bits per heavy atom. The van der Waals surface area contributed by atoms with E-state index in [1.54, 1.807) is 0 Å². The number of primary sulfonamides is 1. The number of nitrogens with one attached hydrogen (secondary N) is 1. The summed E-state index contributed by atoms with van der Waals surface area (Å²) in [6.45, 7) is 0.544. The van der Waals surface area contributed by atoms with Gasteiger partial charge in [0, 0.05) is 19.5 Å². The molecule has 0 saturated heterocycles. The second kappa shape index (κ2) is 5.05. The van der Waals surface area contributed by atoms with Gasteiger partial charge in [0.15, 0.2) is 0 Å². The maximum atomic E-state index is 10.6. The van der Waals surface area contributed by atoms with Gasteiger partial charge in [-0.3, -0.25) is 0 Å². The SMILES string of the molecule is NCCc1nnc(NCCS(N)(=O)=O)o1. The van der Waals surface area contributed by atoms with Crippen LogP contribution in [0.4, 0.5) is 6.01 Å². The van der Waals surface area contributed by atoms with E-state index in [-0.39, 0.29) is 18.3 Å². The number of aromatic nitrogens is 2. The van der Waals surface area contributed by atoms with Gasteiger partial charge in [0.05, 0.1) is 5.75 Å². The zero-order valence-electron chi connectivity index (χ0n) is 8.01. The van der Waals surface area contributed by atoms with Gasteiger partial charge >= 0.3 is 6.01 Å². The molecule has 0 atom stereocenters. The predicted octanol–water partition coefficient (Wildman–Crippen LogP) is -1.73. The molecule has 1 aromatic heterocycles. The molecule has 1 rings (SSSR count). The first kappa shape index (κ1) is 11.9. The summed E-state index contributed by atoms with van der Waals surface area (Å²) in [6.07, 6.45) is 0.490. The molecule has 0 aromatic carbocycles. The molecule has 1 heterocycles. The first-order valence-electron chi connectivity index (χ1n) is 4.28. The molecule has 1 aromatic rings. The van der Waals surface area contributed by atoms with E-state index in [4.69, 9.17) is 15.3 Å². The van der Waals surface area contributed by atoms with Crippen LogP contribution in [0, 0.1) is 0 Å². The third-order valence-corrected chi connectivity index (χ3v) is 2.26. The topological polar surface area (TPSA) is 137 Å². The van der Waals surface area contributed by atoms with Crippen LogP contribution in [0.5, 0.6) is 0 Å². The fourth-order valence-electron chi connectivity index (χ4n) is 0.850. The van der Waals surface area contributed by atoms with Gasteiger partial charge in [-0.15, -0.1) is 5.10 Å². The van der Waals surface area contributed by atoms with Gasteiger partial charge in [-0.1, -0.05) is 5.10 Å². The van der Waals surface area contributed by atoms with Crippen LogP contribution in [0.15, 0.2) is 4.42 Å². The maximum Gasteiger partial charge on any atom is 0.315 e. The molecule has 5 N–H and O–H groups in total. The molecule has 0 saturated carbocycles. The molecule has 0 amide bonds. The van der Waals surface area contributed by atoms with Crippen molar-refractivity contribution in [2.75, 3.05) is 24.2 Å². The van der Waals surface area contributed by atoms with Crippen LogP contribution in [0.2, 0.25) is 0 Å². The normalized spacial score (nSPS) is 11.6. The fourth-order valence-corrected chi connectivity index (χ4v) is 1.24. The number of anilines is 1. The largest absolute Gasteiger partial charge is 0.408 e. The van der Waals surface area contributed by atoms with Crippen molar-refractivity contribution in [1.29, 1.82) is 0 Å². The van der Waals surface area contributed by atoms with Crippen LogP contribution in [0.1, 0.15) is 5.89 Å². The van der Waals surface area contributed by atoms with Gasteiger partial charge in [0.1, 0.15) is 0 Å². The maximum absolute atomic E-state index is 10.6. The molecular weight excluding hydrogens is 222 g/mol. The third-order valence-electron chi connectivity index (χ3n) is 1.49. The minimum absolute atomic E-state index is 0.128. The average Bonchev–Trinajstić information content (AvgIpc) is 2.51. The van der Waals surface area contributed by atoms with Gasteiger partial charge in [0.2, 0.25) is 15.9 Å². The standard InChI is InChI=1S/C6H13N5O3S/c7-2-1-5-10-11-6(14-5)9-3-4-15(8,12)13/h1-4,7H2,(H,9,11)(H2,8,12,13). The van der Waals surface area contributed by atoms with Gasteiger partial charge in [-0.05, 0) is 0 Å². The molecule has 0 aliphatic carbocycles. The van der Waals surface area contributed by atoms with E-state index in [0.717, 1.165) is 0 Å². The van der Waals surface area contributed by atoms with Crippen molar-refractivity contribution >= 4 is 16.0 Å². The summed E-state index contributed by atoms with van der Waals surface area (Å²) in [4.78, 5) is 0. The Morgan fingerprint density at radius 1 is 1.40 bits per heavy atom. The van der Waals surface area contributed by atoms with Crippen molar-refractivity contribution in [3.63, 3.8) is 0 Å². The Kier molecular flexibility index (Phi) is 4.00. The van der Waals surface area contributed by atoms with E-state index in [2.05, 4.69) is 15.5 Å². The van der Waals surface area contributed by atoms with Gasteiger partial charge in [-0.25, -0.2) is 13.6 Å². The molecular formula is C6H13N5O3S. The van der Waals surface area contributed by atoms with Crippen molar-refractivity contribution in [3.8, 4) is 0 Å².